The van der Waals surface area contributed by atoms with Gasteiger partial charge in [0.25, 0.3) is 5.09 Å². The van der Waals surface area contributed by atoms with Crippen molar-refractivity contribution in [3.8, 4) is 0 Å². The molecule has 120 valence electrons. The molecule has 0 aromatic carbocycles. The van der Waals surface area contributed by atoms with Crippen LogP contribution in [-0.2, 0) is 19.3 Å². The van der Waals surface area contributed by atoms with E-state index < -0.39 is 41.3 Å². The third kappa shape index (κ3) is 4.81. The zero-order valence-electron chi connectivity index (χ0n) is 11.1. The highest BCUT2D eigenvalue weighted by Crippen LogP contribution is 2.24. The molecule has 11 nitrogen and oxygen atoms in total. The van der Waals surface area contributed by atoms with Gasteiger partial charge in [0.2, 0.25) is 5.72 Å². The highest BCUT2D eigenvalue weighted by Gasteiger charge is 2.44. The number of carboxylic acid groups (broad SMARTS) is 2. The van der Waals surface area contributed by atoms with Crippen LogP contribution in [0.15, 0.2) is 0 Å². The van der Waals surface area contributed by atoms with Crippen molar-refractivity contribution >= 4 is 11.9 Å². The SMILES string of the molecule is NOC(CC(=O)O)(NC1CCC(O[N+](=O)[O-])CC1)C(=O)O. The molecule has 21 heavy (non-hydrogen) atoms. The van der Waals surface area contributed by atoms with Gasteiger partial charge in [-0.2, -0.15) is 0 Å². The number of carbonyl (C=O) groups is 2. The number of carboxylic acids is 2. The van der Waals surface area contributed by atoms with Crippen molar-refractivity contribution in [2.24, 2.45) is 5.90 Å². The van der Waals surface area contributed by atoms with Crippen LogP contribution in [0.5, 0.6) is 0 Å². The number of nitrogens with two attached hydrogens (primary N) is 1. The topological polar surface area (TPSA) is 174 Å². The van der Waals surface area contributed by atoms with Crippen LogP contribution >= 0.6 is 0 Å². The molecular weight excluding hydrogens is 290 g/mol. The van der Waals surface area contributed by atoms with Crippen LogP contribution in [0.25, 0.3) is 0 Å². The third-order valence-corrected chi connectivity index (χ3v) is 3.29. The van der Waals surface area contributed by atoms with Gasteiger partial charge < -0.3 is 15.1 Å². The quantitative estimate of drug-likeness (QED) is 0.253. The van der Waals surface area contributed by atoms with Crippen molar-refractivity contribution in [2.45, 2.75) is 50.0 Å². The summed E-state index contributed by atoms with van der Waals surface area (Å²) < 4.78 is 0. The van der Waals surface area contributed by atoms with Crippen LogP contribution in [0.2, 0.25) is 0 Å². The van der Waals surface area contributed by atoms with E-state index >= 15 is 0 Å². The van der Waals surface area contributed by atoms with Crippen molar-refractivity contribution in [1.82, 2.24) is 5.32 Å². The summed E-state index contributed by atoms with van der Waals surface area (Å²) in [4.78, 5) is 41.0. The molecule has 0 aliphatic heterocycles. The van der Waals surface area contributed by atoms with E-state index in [0.29, 0.717) is 25.7 Å². The monoisotopic (exact) mass is 307 g/mol. The van der Waals surface area contributed by atoms with Gasteiger partial charge in [0.15, 0.2) is 0 Å². The summed E-state index contributed by atoms with van der Waals surface area (Å²) in [6.07, 6.45) is 0.0189. The van der Waals surface area contributed by atoms with Gasteiger partial charge >= 0.3 is 11.9 Å². The lowest BCUT2D eigenvalue weighted by Crippen LogP contribution is -2.60. The number of hydrogen-bond acceptors (Lipinski definition) is 8. The van der Waals surface area contributed by atoms with Gasteiger partial charge in [0.1, 0.15) is 12.5 Å². The predicted octanol–water partition coefficient (Wildman–Crippen LogP) is -0.759. The first-order chi connectivity index (χ1) is 9.79. The molecule has 1 fully saturated rings. The second-order valence-corrected chi connectivity index (χ2v) is 4.77. The summed E-state index contributed by atoms with van der Waals surface area (Å²) in [5.74, 6) is 2.01. The highest BCUT2D eigenvalue weighted by atomic mass is 17.0. The predicted molar refractivity (Wildman–Crippen MR) is 65.2 cm³/mol. The Hall–Kier alpha value is -1.98. The fourth-order valence-corrected chi connectivity index (χ4v) is 2.29. The Morgan fingerprint density at radius 3 is 2.29 bits per heavy atom. The Bertz CT molecular complexity index is 409. The second kappa shape index (κ2) is 7.15. The van der Waals surface area contributed by atoms with Gasteiger partial charge in [0, 0.05) is 6.04 Å². The van der Waals surface area contributed by atoms with Gasteiger partial charge in [-0.25, -0.2) is 10.7 Å². The summed E-state index contributed by atoms with van der Waals surface area (Å²) in [5.41, 5.74) is -2.23. The van der Waals surface area contributed by atoms with Crippen LogP contribution in [0.1, 0.15) is 32.1 Å². The number of nitrogens with one attached hydrogen (secondary N) is 1. The van der Waals surface area contributed by atoms with Crippen LogP contribution < -0.4 is 11.2 Å². The van der Waals surface area contributed by atoms with E-state index in [1.807, 2.05) is 0 Å². The molecular formula is C10H17N3O8. The normalized spacial score (nSPS) is 24.8. The number of nitrogens with zero attached hydrogens (tertiary/aromatic N) is 1. The zero-order valence-corrected chi connectivity index (χ0v) is 11.1. The minimum Gasteiger partial charge on any atom is -0.481 e. The average molecular weight is 307 g/mol. The largest absolute Gasteiger partial charge is 0.481 e. The summed E-state index contributed by atoms with van der Waals surface area (Å²) in [6.45, 7) is 0. The molecule has 0 radical (unpaired) electrons. The van der Waals surface area contributed by atoms with E-state index in [0.717, 1.165) is 0 Å². The fraction of sp³-hybridized carbons (Fsp3) is 0.800. The molecule has 1 aliphatic carbocycles. The van der Waals surface area contributed by atoms with Crippen LogP contribution in [-0.4, -0.2) is 45.1 Å². The first-order valence-corrected chi connectivity index (χ1v) is 6.21. The van der Waals surface area contributed by atoms with E-state index in [-0.39, 0.29) is 0 Å². The van der Waals surface area contributed by atoms with Crippen molar-refractivity contribution in [3.63, 3.8) is 0 Å². The Morgan fingerprint density at radius 2 is 1.90 bits per heavy atom. The Labute approximate surface area is 119 Å². The van der Waals surface area contributed by atoms with Gasteiger partial charge in [-0.15, -0.1) is 10.1 Å². The lowest BCUT2D eigenvalue weighted by molar-refractivity contribution is -0.769. The standard InChI is InChI=1S/C10H17N3O8/c11-21-10(9(16)17,5-8(14)15)12-6-1-3-7(4-2-6)20-13(18)19/h6-7,12H,1-5,11H2,(H,14,15)(H,16,17). The molecule has 0 bridgehead atoms. The summed E-state index contributed by atoms with van der Waals surface area (Å²) in [5, 5.41) is 29.8. The fourth-order valence-electron chi connectivity index (χ4n) is 2.29. The Kier molecular flexibility index (Phi) is 5.81. The molecule has 11 heteroatoms. The molecule has 1 aliphatic rings. The van der Waals surface area contributed by atoms with Crippen molar-refractivity contribution in [1.29, 1.82) is 0 Å². The number of rotatable bonds is 8. The maximum Gasteiger partial charge on any atom is 0.354 e. The molecule has 0 heterocycles. The molecule has 0 aromatic rings. The van der Waals surface area contributed by atoms with Crippen molar-refractivity contribution < 1.29 is 34.6 Å². The maximum absolute atomic E-state index is 11.2. The van der Waals surface area contributed by atoms with E-state index in [1.165, 1.54) is 0 Å². The molecule has 1 rings (SSSR count). The summed E-state index contributed by atoms with van der Waals surface area (Å²) in [6, 6.07) is -0.393. The zero-order chi connectivity index (χ0) is 16.0. The van der Waals surface area contributed by atoms with E-state index in [4.69, 9.17) is 16.1 Å². The van der Waals surface area contributed by atoms with Crippen LogP contribution in [0, 0.1) is 10.1 Å². The van der Waals surface area contributed by atoms with Crippen LogP contribution in [0.3, 0.4) is 0 Å². The van der Waals surface area contributed by atoms with Gasteiger partial charge in [-0.1, -0.05) is 0 Å². The van der Waals surface area contributed by atoms with E-state index in [1.54, 1.807) is 0 Å². The van der Waals surface area contributed by atoms with Gasteiger partial charge in [-0.3, -0.25) is 14.9 Å². The summed E-state index contributed by atoms with van der Waals surface area (Å²) in [7, 11) is 0. The third-order valence-electron chi connectivity index (χ3n) is 3.29. The minimum absolute atomic E-state index is 0.339. The molecule has 5 N–H and O–H groups in total. The van der Waals surface area contributed by atoms with Crippen molar-refractivity contribution in [3.05, 3.63) is 10.1 Å². The van der Waals surface area contributed by atoms with Gasteiger partial charge in [-0.05, 0) is 25.7 Å². The lowest BCUT2D eigenvalue weighted by Gasteiger charge is -2.34. The van der Waals surface area contributed by atoms with Crippen LogP contribution in [0.4, 0.5) is 0 Å². The van der Waals surface area contributed by atoms with Gasteiger partial charge in [0.05, 0.1) is 0 Å². The second-order valence-electron chi connectivity index (χ2n) is 4.77. The smallest absolute Gasteiger partial charge is 0.354 e. The molecule has 0 saturated heterocycles. The van der Waals surface area contributed by atoms with E-state index in [2.05, 4.69) is 15.0 Å². The molecule has 1 atom stereocenters. The molecule has 1 saturated carbocycles. The Balaban J connectivity index is 2.63. The average Bonchev–Trinajstić information content (AvgIpc) is 2.38. The summed E-state index contributed by atoms with van der Waals surface area (Å²) >= 11 is 0. The molecule has 1 unspecified atom stereocenters. The highest BCUT2D eigenvalue weighted by molar-refractivity contribution is 5.83. The maximum atomic E-state index is 11.2. The van der Waals surface area contributed by atoms with E-state index in [9.17, 15) is 19.7 Å². The molecule has 0 aromatic heterocycles. The molecule has 0 amide bonds. The minimum atomic E-state index is -2.23. The lowest BCUT2D eigenvalue weighted by atomic mass is 9.91. The number of aliphatic carboxylic acids is 2. The number of hydrogen-bond donors (Lipinski definition) is 4. The first-order valence-electron chi connectivity index (χ1n) is 6.21. The van der Waals surface area contributed by atoms with Crippen molar-refractivity contribution in [2.75, 3.05) is 0 Å². The molecule has 0 spiro atoms. The Morgan fingerprint density at radius 1 is 1.33 bits per heavy atom. The first kappa shape index (κ1) is 17.1.